The average Bonchev–Trinajstić information content (AvgIpc) is 3.23. The Bertz CT molecular complexity index is 447. The number of aromatic nitrogens is 3. The van der Waals surface area contributed by atoms with Crippen LogP contribution in [0.5, 0.6) is 0 Å². The van der Waals surface area contributed by atoms with Gasteiger partial charge < -0.3 is 4.90 Å². The third kappa shape index (κ3) is 4.05. The maximum atomic E-state index is 4.46. The first-order valence-corrected chi connectivity index (χ1v) is 10.2. The number of rotatable bonds is 6. The predicted octanol–water partition coefficient (Wildman–Crippen LogP) is 3.71. The Labute approximate surface area is 139 Å². The summed E-state index contributed by atoms with van der Waals surface area (Å²) in [5.74, 6) is 0.682. The third-order valence-corrected chi connectivity index (χ3v) is 6.53. The molecule has 0 unspecified atom stereocenters. The lowest BCUT2D eigenvalue weighted by molar-refractivity contribution is 0.177. The molecule has 5 heteroatoms. The van der Waals surface area contributed by atoms with Crippen molar-refractivity contribution in [2.45, 2.75) is 69.1 Å². The van der Waals surface area contributed by atoms with Gasteiger partial charge in [0.15, 0.2) is 0 Å². The molecule has 0 amide bonds. The van der Waals surface area contributed by atoms with Crippen LogP contribution < -0.4 is 0 Å². The summed E-state index contributed by atoms with van der Waals surface area (Å²) in [5, 5.41) is 9.68. The van der Waals surface area contributed by atoms with Gasteiger partial charge in [0.05, 0.1) is 11.7 Å². The molecule has 2 fully saturated rings. The molecule has 124 valence electrons. The lowest BCUT2D eigenvalue weighted by atomic mass is 10.0. The van der Waals surface area contributed by atoms with Crippen molar-refractivity contribution in [3.8, 4) is 0 Å². The largest absolute Gasteiger partial charge is 0.303 e. The second-order valence-electron chi connectivity index (χ2n) is 7.01. The molecule has 1 saturated carbocycles. The zero-order chi connectivity index (χ0) is 15.4. The van der Waals surface area contributed by atoms with Gasteiger partial charge in [0.2, 0.25) is 0 Å². The molecule has 1 aliphatic carbocycles. The van der Waals surface area contributed by atoms with Crippen molar-refractivity contribution in [3.05, 3.63) is 11.9 Å². The topological polar surface area (TPSA) is 34.0 Å². The van der Waals surface area contributed by atoms with Crippen LogP contribution in [-0.2, 0) is 0 Å². The molecule has 0 spiro atoms. The first-order valence-electron chi connectivity index (χ1n) is 8.93. The quantitative estimate of drug-likeness (QED) is 0.799. The van der Waals surface area contributed by atoms with Crippen molar-refractivity contribution in [2.75, 3.05) is 25.9 Å². The number of piperidine rings is 1. The highest BCUT2D eigenvalue weighted by molar-refractivity contribution is 7.99. The van der Waals surface area contributed by atoms with Crippen molar-refractivity contribution in [3.63, 3.8) is 0 Å². The monoisotopic (exact) mass is 322 g/mol. The van der Waals surface area contributed by atoms with Crippen LogP contribution in [0.4, 0.5) is 0 Å². The van der Waals surface area contributed by atoms with Crippen LogP contribution in [0.2, 0.25) is 0 Å². The normalized spacial score (nSPS) is 23.2. The summed E-state index contributed by atoms with van der Waals surface area (Å²) >= 11 is 1.98. The van der Waals surface area contributed by atoms with Crippen LogP contribution in [0, 0.1) is 0 Å². The van der Waals surface area contributed by atoms with Gasteiger partial charge >= 0.3 is 0 Å². The lowest BCUT2D eigenvalue weighted by Crippen LogP contribution is -2.36. The number of hydrogen-bond acceptors (Lipinski definition) is 4. The zero-order valence-corrected chi connectivity index (χ0v) is 14.9. The second-order valence-corrected chi connectivity index (χ2v) is 8.29. The van der Waals surface area contributed by atoms with Crippen molar-refractivity contribution < 1.29 is 0 Å². The van der Waals surface area contributed by atoms with Crippen LogP contribution in [-0.4, -0.2) is 51.0 Å². The molecule has 2 aliphatic rings. The van der Waals surface area contributed by atoms with Gasteiger partial charge in [0.1, 0.15) is 0 Å². The summed E-state index contributed by atoms with van der Waals surface area (Å²) in [6.07, 6.45) is 13.6. The van der Waals surface area contributed by atoms with Crippen molar-refractivity contribution in [1.82, 2.24) is 19.9 Å². The Kier molecular flexibility index (Phi) is 5.80. The number of likely N-dealkylation sites (tertiary alicyclic amines) is 1. The van der Waals surface area contributed by atoms with Gasteiger partial charge in [-0.2, -0.15) is 11.8 Å². The molecule has 3 rings (SSSR count). The summed E-state index contributed by atoms with van der Waals surface area (Å²) < 4.78 is 2.16. The summed E-state index contributed by atoms with van der Waals surface area (Å²) in [6.45, 7) is 6.01. The molecule has 22 heavy (non-hydrogen) atoms. The van der Waals surface area contributed by atoms with E-state index >= 15 is 0 Å². The highest BCUT2D eigenvalue weighted by Gasteiger charge is 2.24. The first kappa shape index (κ1) is 16.3. The van der Waals surface area contributed by atoms with Gasteiger partial charge in [-0.15, -0.1) is 5.10 Å². The third-order valence-electron chi connectivity index (χ3n) is 5.49. The van der Waals surface area contributed by atoms with Gasteiger partial charge in [-0.3, -0.25) is 0 Å². The Morgan fingerprint density at radius 3 is 2.64 bits per heavy atom. The first-order chi connectivity index (χ1) is 10.8. The van der Waals surface area contributed by atoms with E-state index in [9.17, 15) is 0 Å². The highest BCUT2D eigenvalue weighted by atomic mass is 32.2. The van der Waals surface area contributed by atoms with Crippen molar-refractivity contribution in [1.29, 1.82) is 0 Å². The van der Waals surface area contributed by atoms with Crippen LogP contribution in [0.15, 0.2) is 6.20 Å². The Morgan fingerprint density at radius 1 is 1.23 bits per heavy atom. The minimum Gasteiger partial charge on any atom is -0.303 e. The summed E-state index contributed by atoms with van der Waals surface area (Å²) in [6, 6.07) is 0.567. The fraction of sp³-hybridized carbons (Fsp3) is 0.882. The predicted molar refractivity (Wildman–Crippen MR) is 93.5 cm³/mol. The van der Waals surface area contributed by atoms with E-state index in [0.717, 1.165) is 5.25 Å². The standard InChI is InChI=1S/C17H30N4S/c1-14(22-2)7-10-20-11-8-16(9-12-20)21-13-17(18-19-21)15-5-3-4-6-15/h13-16H,3-12H2,1-2H3/t14-/m1/s1. The maximum absolute atomic E-state index is 4.46. The van der Waals surface area contributed by atoms with E-state index < -0.39 is 0 Å². The molecule has 1 aliphatic heterocycles. The molecule has 2 heterocycles. The van der Waals surface area contributed by atoms with Crippen molar-refractivity contribution in [2.24, 2.45) is 0 Å². The van der Waals surface area contributed by atoms with Gasteiger partial charge in [-0.1, -0.05) is 25.0 Å². The van der Waals surface area contributed by atoms with Crippen LogP contribution in [0.25, 0.3) is 0 Å². The Hall–Kier alpha value is -0.550. The summed E-state index contributed by atoms with van der Waals surface area (Å²) in [7, 11) is 0. The molecular formula is C17H30N4S. The molecule has 0 radical (unpaired) electrons. The van der Waals surface area contributed by atoms with Crippen LogP contribution >= 0.6 is 11.8 Å². The fourth-order valence-corrected chi connectivity index (χ4v) is 4.11. The fourth-order valence-electron chi connectivity index (χ4n) is 3.77. The van der Waals surface area contributed by atoms with E-state index in [1.165, 1.54) is 70.3 Å². The molecule has 1 aromatic rings. The molecular weight excluding hydrogens is 292 g/mol. The molecule has 0 aromatic carbocycles. The zero-order valence-electron chi connectivity index (χ0n) is 14.1. The van der Waals surface area contributed by atoms with Crippen LogP contribution in [0.3, 0.4) is 0 Å². The minimum atomic E-state index is 0.567. The molecule has 1 atom stereocenters. The van der Waals surface area contributed by atoms with E-state index in [0.29, 0.717) is 12.0 Å². The van der Waals surface area contributed by atoms with E-state index in [-0.39, 0.29) is 0 Å². The molecule has 1 saturated heterocycles. The molecule has 4 nitrogen and oxygen atoms in total. The lowest BCUT2D eigenvalue weighted by Gasteiger charge is -2.32. The summed E-state index contributed by atoms with van der Waals surface area (Å²) in [4.78, 5) is 2.62. The molecule has 1 aromatic heterocycles. The van der Waals surface area contributed by atoms with E-state index in [2.05, 4.69) is 39.3 Å². The SMILES string of the molecule is CS[C@H](C)CCN1CCC(n2cc(C3CCCC3)nn2)CC1. The summed E-state index contributed by atoms with van der Waals surface area (Å²) in [5.41, 5.74) is 1.24. The smallest absolute Gasteiger partial charge is 0.0858 e. The van der Waals surface area contributed by atoms with Gasteiger partial charge in [0.25, 0.3) is 0 Å². The number of hydrogen-bond donors (Lipinski definition) is 0. The van der Waals surface area contributed by atoms with Crippen LogP contribution in [0.1, 0.15) is 69.5 Å². The number of thioether (sulfide) groups is 1. The average molecular weight is 323 g/mol. The maximum Gasteiger partial charge on any atom is 0.0858 e. The van der Waals surface area contributed by atoms with E-state index in [1.807, 2.05) is 11.8 Å². The Morgan fingerprint density at radius 2 is 1.95 bits per heavy atom. The molecule has 0 N–H and O–H groups in total. The number of nitrogens with zero attached hydrogens (tertiary/aromatic N) is 4. The van der Waals surface area contributed by atoms with Gasteiger partial charge in [0, 0.05) is 30.5 Å². The van der Waals surface area contributed by atoms with E-state index in [1.54, 1.807) is 0 Å². The minimum absolute atomic E-state index is 0.567. The Balaban J connectivity index is 1.47. The van der Waals surface area contributed by atoms with E-state index in [4.69, 9.17) is 0 Å². The van der Waals surface area contributed by atoms with Gasteiger partial charge in [-0.05, 0) is 44.9 Å². The second kappa shape index (κ2) is 7.82. The highest BCUT2D eigenvalue weighted by Crippen LogP contribution is 2.33. The molecule has 0 bridgehead atoms. The van der Waals surface area contributed by atoms with Crippen molar-refractivity contribution >= 4 is 11.8 Å². The van der Waals surface area contributed by atoms with Gasteiger partial charge in [-0.25, -0.2) is 4.68 Å².